The molecule has 9 nitrogen and oxygen atoms in total. The van der Waals surface area contributed by atoms with E-state index >= 15 is 0 Å². The van der Waals surface area contributed by atoms with E-state index in [2.05, 4.69) is 10.3 Å². The lowest BCUT2D eigenvalue weighted by molar-refractivity contribution is -0.152. The zero-order chi connectivity index (χ0) is 25.2. The average molecular weight is 506 g/mol. The monoisotopic (exact) mass is 505 g/mol. The molecule has 2 aromatic carbocycles. The van der Waals surface area contributed by atoms with Crippen molar-refractivity contribution in [2.75, 3.05) is 16.8 Å². The van der Waals surface area contributed by atoms with Crippen LogP contribution in [-0.2, 0) is 19.1 Å². The summed E-state index contributed by atoms with van der Waals surface area (Å²) in [6.07, 6.45) is 1.42. The molecule has 0 aliphatic heterocycles. The first-order valence-electron chi connectivity index (χ1n) is 10.2. The van der Waals surface area contributed by atoms with Gasteiger partial charge < -0.3 is 20.3 Å². The number of nitrogens with one attached hydrogen (secondary N) is 1. The first-order chi connectivity index (χ1) is 16.1. The molecule has 0 spiro atoms. The number of rotatable bonds is 5. The Labute approximate surface area is 204 Å². The number of pyridine rings is 1. The van der Waals surface area contributed by atoms with E-state index in [1.54, 1.807) is 32.9 Å². The normalized spacial score (nSPS) is 10.9. The minimum atomic E-state index is -1.17. The molecule has 3 aromatic rings. The second kappa shape index (κ2) is 10.1. The van der Waals surface area contributed by atoms with Crippen LogP contribution in [0, 0.1) is 5.92 Å². The van der Waals surface area contributed by atoms with Gasteiger partial charge in [0, 0.05) is 17.5 Å². The van der Waals surface area contributed by atoms with Gasteiger partial charge in [-0.1, -0.05) is 37.0 Å². The Balaban J connectivity index is 2.34. The van der Waals surface area contributed by atoms with Crippen LogP contribution >= 0.6 is 23.2 Å². The van der Waals surface area contributed by atoms with E-state index < -0.39 is 29.5 Å². The van der Waals surface area contributed by atoms with Crippen LogP contribution in [-0.4, -0.2) is 39.6 Å². The number of phenolic OH excluding ortho intramolecular Hbond substituents is 2. The highest BCUT2D eigenvalue weighted by molar-refractivity contribution is 6.42. The minimum Gasteiger partial charge on any atom is -0.505 e. The van der Waals surface area contributed by atoms with Gasteiger partial charge in [-0.2, -0.15) is 0 Å². The van der Waals surface area contributed by atoms with Crippen molar-refractivity contribution in [2.24, 2.45) is 5.92 Å². The smallest absolute Gasteiger partial charge is 0.397 e. The molecule has 0 fully saturated rings. The lowest BCUT2D eigenvalue weighted by Gasteiger charge is -2.25. The van der Waals surface area contributed by atoms with Gasteiger partial charge in [0.1, 0.15) is 5.52 Å². The number of carbonyl (C=O) groups is 3. The molecule has 0 aliphatic rings. The van der Waals surface area contributed by atoms with E-state index in [1.165, 1.54) is 24.4 Å². The highest BCUT2D eigenvalue weighted by atomic mass is 35.5. The van der Waals surface area contributed by atoms with Gasteiger partial charge >= 0.3 is 11.9 Å². The third-order valence-electron chi connectivity index (χ3n) is 4.78. The summed E-state index contributed by atoms with van der Waals surface area (Å²) in [6, 6.07) is 6.94. The van der Waals surface area contributed by atoms with E-state index in [1.807, 2.05) is 0 Å². The molecule has 34 heavy (non-hydrogen) atoms. The van der Waals surface area contributed by atoms with Gasteiger partial charge in [-0.3, -0.25) is 19.5 Å². The second-order valence-electron chi connectivity index (χ2n) is 7.45. The van der Waals surface area contributed by atoms with Gasteiger partial charge in [0.2, 0.25) is 5.91 Å². The van der Waals surface area contributed by atoms with E-state index in [9.17, 15) is 24.6 Å². The third kappa shape index (κ3) is 4.85. The molecule has 0 saturated carbocycles. The third-order valence-corrected chi connectivity index (χ3v) is 5.36. The van der Waals surface area contributed by atoms with Crippen LogP contribution in [0.3, 0.4) is 0 Å². The molecule has 0 radical (unpaired) electrons. The zero-order valence-corrected chi connectivity index (χ0v) is 19.9. The maximum atomic E-state index is 13.2. The minimum absolute atomic E-state index is 0.0301. The SMILES string of the molecule is CCOC(=O)C(=O)N(c1cc(Cl)c(O)c(Cl)c1)c1cc(NC(=O)C(C)C)c(O)c2ncccc12. The molecular weight excluding hydrogens is 485 g/mol. The van der Waals surface area contributed by atoms with Crippen molar-refractivity contribution in [3.05, 3.63) is 46.6 Å². The number of halogens is 2. The Kier molecular flexibility index (Phi) is 7.48. The fraction of sp³-hybridized carbons (Fsp3) is 0.217. The van der Waals surface area contributed by atoms with E-state index in [0.717, 1.165) is 4.90 Å². The second-order valence-corrected chi connectivity index (χ2v) is 8.27. The number of hydrogen-bond acceptors (Lipinski definition) is 7. The van der Waals surface area contributed by atoms with Crippen LogP contribution in [0.5, 0.6) is 11.5 Å². The summed E-state index contributed by atoms with van der Waals surface area (Å²) < 4.78 is 4.89. The first-order valence-corrected chi connectivity index (χ1v) is 10.9. The summed E-state index contributed by atoms with van der Waals surface area (Å²) >= 11 is 12.2. The molecular formula is C23H21Cl2N3O6. The van der Waals surface area contributed by atoms with Crippen molar-refractivity contribution in [1.29, 1.82) is 0 Å². The topological polar surface area (TPSA) is 129 Å². The van der Waals surface area contributed by atoms with Gasteiger partial charge in [-0.25, -0.2) is 4.79 Å². The molecule has 3 N–H and O–H groups in total. The molecule has 0 unspecified atom stereocenters. The van der Waals surface area contributed by atoms with Gasteiger partial charge in [-0.05, 0) is 37.3 Å². The Hall–Kier alpha value is -3.56. The molecule has 0 aliphatic carbocycles. The van der Waals surface area contributed by atoms with E-state index in [-0.39, 0.29) is 50.4 Å². The largest absolute Gasteiger partial charge is 0.505 e. The van der Waals surface area contributed by atoms with Crippen molar-refractivity contribution in [1.82, 2.24) is 4.98 Å². The Morgan fingerprint density at radius 2 is 1.76 bits per heavy atom. The Bertz CT molecular complexity index is 1270. The van der Waals surface area contributed by atoms with Gasteiger partial charge in [0.15, 0.2) is 11.5 Å². The number of hydrogen-bond donors (Lipinski definition) is 3. The summed E-state index contributed by atoms with van der Waals surface area (Å²) in [5.41, 5.74) is 0.146. The molecule has 0 atom stereocenters. The van der Waals surface area contributed by atoms with Gasteiger partial charge in [-0.15, -0.1) is 0 Å². The first kappa shape index (κ1) is 25.1. The molecule has 1 aromatic heterocycles. The number of aromatic nitrogens is 1. The van der Waals surface area contributed by atoms with Crippen molar-refractivity contribution in [3.63, 3.8) is 0 Å². The highest BCUT2D eigenvalue weighted by Crippen LogP contribution is 2.43. The quantitative estimate of drug-likeness (QED) is 0.258. The van der Waals surface area contributed by atoms with E-state index in [0.29, 0.717) is 0 Å². The van der Waals surface area contributed by atoms with Crippen LogP contribution in [0.1, 0.15) is 20.8 Å². The van der Waals surface area contributed by atoms with E-state index in [4.69, 9.17) is 27.9 Å². The van der Waals surface area contributed by atoms with Crippen molar-refractivity contribution >= 4 is 69.0 Å². The van der Waals surface area contributed by atoms with Crippen LogP contribution < -0.4 is 10.2 Å². The molecule has 0 bridgehead atoms. The summed E-state index contributed by atoms with van der Waals surface area (Å²) in [7, 11) is 0. The van der Waals surface area contributed by atoms with Crippen molar-refractivity contribution in [2.45, 2.75) is 20.8 Å². The lowest BCUT2D eigenvalue weighted by Crippen LogP contribution is -2.34. The van der Waals surface area contributed by atoms with Crippen LogP contribution in [0.4, 0.5) is 17.1 Å². The van der Waals surface area contributed by atoms with Crippen molar-refractivity contribution in [3.8, 4) is 11.5 Å². The van der Waals surface area contributed by atoms with Crippen LogP contribution in [0.15, 0.2) is 36.5 Å². The standard InChI is InChI=1S/C23H21Cl2N3O6/c1-4-34-23(33)22(32)28(12-8-14(24)19(29)15(25)9-12)17-10-16(27-21(31)11(2)3)20(30)18-13(17)6-5-7-26-18/h5-11,29-30H,4H2,1-3H3,(H,27,31). The predicted octanol–water partition coefficient (Wildman–Crippen LogP) is 4.78. The number of aromatic hydroxyl groups is 2. The number of amides is 2. The molecule has 2 amide bonds. The zero-order valence-electron chi connectivity index (χ0n) is 18.4. The molecule has 1 heterocycles. The fourth-order valence-electron chi connectivity index (χ4n) is 3.10. The summed E-state index contributed by atoms with van der Waals surface area (Å²) in [6.45, 7) is 4.83. The predicted molar refractivity (Wildman–Crippen MR) is 129 cm³/mol. The maximum Gasteiger partial charge on any atom is 0.397 e. The molecule has 3 rings (SSSR count). The number of fused-ring (bicyclic) bond motifs is 1. The molecule has 0 saturated heterocycles. The Morgan fingerprint density at radius 3 is 2.35 bits per heavy atom. The summed E-state index contributed by atoms with van der Waals surface area (Å²) in [5.74, 6) is -3.79. The van der Waals surface area contributed by atoms with Crippen LogP contribution in [0.2, 0.25) is 10.0 Å². The number of phenols is 2. The fourth-order valence-corrected chi connectivity index (χ4v) is 3.58. The summed E-state index contributed by atoms with van der Waals surface area (Å²) in [5, 5.41) is 23.3. The van der Waals surface area contributed by atoms with Crippen molar-refractivity contribution < 1.29 is 29.3 Å². The maximum absolute atomic E-state index is 13.2. The number of nitrogens with zero attached hydrogens (tertiary/aromatic N) is 2. The number of ether oxygens (including phenoxy) is 1. The number of esters is 1. The lowest BCUT2D eigenvalue weighted by atomic mass is 10.1. The molecule has 178 valence electrons. The summed E-state index contributed by atoms with van der Waals surface area (Å²) in [4.78, 5) is 43.2. The average Bonchev–Trinajstić information content (AvgIpc) is 2.80. The number of carbonyl (C=O) groups excluding carboxylic acids is 3. The number of benzene rings is 2. The van der Waals surface area contributed by atoms with Gasteiger partial charge in [0.25, 0.3) is 0 Å². The van der Waals surface area contributed by atoms with Crippen LogP contribution in [0.25, 0.3) is 10.9 Å². The number of anilines is 3. The van der Waals surface area contributed by atoms with Gasteiger partial charge in [0.05, 0.1) is 33.7 Å². The highest BCUT2D eigenvalue weighted by Gasteiger charge is 2.30. The Morgan fingerprint density at radius 1 is 1.12 bits per heavy atom. The molecule has 11 heteroatoms.